The van der Waals surface area contributed by atoms with Gasteiger partial charge < -0.3 is 10.3 Å². The number of primary amides is 1. The van der Waals surface area contributed by atoms with Crippen molar-refractivity contribution in [1.29, 1.82) is 0 Å². The first-order valence-corrected chi connectivity index (χ1v) is 6.72. The van der Waals surface area contributed by atoms with Crippen LogP contribution in [0.25, 0.3) is 22.4 Å². The number of imidazole rings is 1. The SMILES string of the molecule is Cn1ccnc1-c1cc(C=NNC(N)=O)c2cccc(F)c2n1. The predicted molar refractivity (Wildman–Crippen MR) is 84.2 cm³/mol. The van der Waals surface area contributed by atoms with Gasteiger partial charge in [-0.1, -0.05) is 12.1 Å². The molecule has 0 aliphatic carbocycles. The highest BCUT2D eigenvalue weighted by Crippen LogP contribution is 2.24. The molecule has 1 aromatic carbocycles. The Bertz CT molecular complexity index is 917. The molecular formula is C15H13FN6O. The zero-order valence-corrected chi connectivity index (χ0v) is 12.2. The summed E-state index contributed by atoms with van der Waals surface area (Å²) in [5.41, 5.74) is 8.37. The molecule has 0 fully saturated rings. The minimum Gasteiger partial charge on any atom is -0.350 e. The Morgan fingerprint density at radius 1 is 1.48 bits per heavy atom. The first-order valence-electron chi connectivity index (χ1n) is 6.72. The third-order valence-electron chi connectivity index (χ3n) is 3.25. The van der Waals surface area contributed by atoms with Crippen LogP contribution < -0.4 is 11.2 Å². The molecule has 0 aliphatic rings. The van der Waals surface area contributed by atoms with E-state index < -0.39 is 11.8 Å². The Balaban J connectivity index is 2.20. The highest BCUT2D eigenvalue weighted by molar-refractivity contribution is 6.00. The van der Waals surface area contributed by atoms with Gasteiger partial charge in [0, 0.05) is 30.4 Å². The number of carbonyl (C=O) groups is 1. The van der Waals surface area contributed by atoms with Crippen LogP contribution in [0.5, 0.6) is 0 Å². The number of fused-ring (bicyclic) bond motifs is 1. The molecule has 23 heavy (non-hydrogen) atoms. The van der Waals surface area contributed by atoms with Gasteiger partial charge >= 0.3 is 6.03 Å². The van der Waals surface area contributed by atoms with E-state index in [9.17, 15) is 9.18 Å². The lowest BCUT2D eigenvalue weighted by atomic mass is 10.1. The topological polar surface area (TPSA) is 98.2 Å². The number of halogens is 1. The summed E-state index contributed by atoms with van der Waals surface area (Å²) >= 11 is 0. The third kappa shape index (κ3) is 2.86. The molecule has 2 amide bonds. The number of para-hydroxylation sites is 1. The van der Waals surface area contributed by atoms with Crippen LogP contribution in [0.2, 0.25) is 0 Å². The number of rotatable bonds is 3. The summed E-state index contributed by atoms with van der Waals surface area (Å²) < 4.78 is 15.9. The molecule has 116 valence electrons. The van der Waals surface area contributed by atoms with Gasteiger partial charge in [0.05, 0.1) is 6.21 Å². The number of aryl methyl sites for hydroxylation is 1. The minimum absolute atomic E-state index is 0.202. The lowest BCUT2D eigenvalue weighted by molar-refractivity contribution is 0.249. The molecule has 3 N–H and O–H groups in total. The molecule has 7 nitrogen and oxygen atoms in total. The van der Waals surface area contributed by atoms with Crippen LogP contribution in [0.1, 0.15) is 5.56 Å². The number of urea groups is 1. The summed E-state index contributed by atoms with van der Waals surface area (Å²) in [7, 11) is 1.82. The number of nitrogens with two attached hydrogens (primary N) is 1. The van der Waals surface area contributed by atoms with E-state index >= 15 is 0 Å². The van der Waals surface area contributed by atoms with Gasteiger partial charge in [-0.25, -0.2) is 24.6 Å². The Kier molecular flexibility index (Phi) is 3.71. The van der Waals surface area contributed by atoms with E-state index in [4.69, 9.17) is 5.73 Å². The number of nitrogens with zero attached hydrogens (tertiary/aromatic N) is 4. The average Bonchev–Trinajstić information content (AvgIpc) is 2.93. The normalized spacial score (nSPS) is 11.2. The van der Waals surface area contributed by atoms with Gasteiger partial charge in [0.15, 0.2) is 5.82 Å². The van der Waals surface area contributed by atoms with Crippen molar-refractivity contribution < 1.29 is 9.18 Å². The second-order valence-corrected chi connectivity index (χ2v) is 4.83. The molecule has 3 aromatic rings. The van der Waals surface area contributed by atoms with E-state index in [2.05, 4.69) is 20.5 Å². The molecule has 0 saturated heterocycles. The van der Waals surface area contributed by atoms with Crippen LogP contribution in [0.4, 0.5) is 9.18 Å². The molecule has 0 spiro atoms. The molecular weight excluding hydrogens is 299 g/mol. The smallest absolute Gasteiger partial charge is 0.332 e. The lowest BCUT2D eigenvalue weighted by Crippen LogP contribution is -2.24. The van der Waals surface area contributed by atoms with Crippen LogP contribution in [-0.4, -0.2) is 26.8 Å². The fourth-order valence-electron chi connectivity index (χ4n) is 2.24. The Labute approximate surface area is 130 Å². The molecule has 8 heteroatoms. The summed E-state index contributed by atoms with van der Waals surface area (Å²) in [5, 5.41) is 4.31. The molecule has 0 radical (unpaired) electrons. The van der Waals surface area contributed by atoms with Gasteiger partial charge in [-0.05, 0) is 12.1 Å². The molecule has 0 bridgehead atoms. The molecule has 2 heterocycles. The summed E-state index contributed by atoms with van der Waals surface area (Å²) in [6.07, 6.45) is 4.79. The van der Waals surface area contributed by atoms with Gasteiger partial charge in [-0.2, -0.15) is 5.10 Å². The van der Waals surface area contributed by atoms with Crippen LogP contribution >= 0.6 is 0 Å². The molecule has 0 atom stereocenters. The monoisotopic (exact) mass is 312 g/mol. The molecule has 3 rings (SSSR count). The average molecular weight is 312 g/mol. The van der Waals surface area contributed by atoms with Gasteiger partial charge in [0.2, 0.25) is 0 Å². The quantitative estimate of drug-likeness (QED) is 0.569. The van der Waals surface area contributed by atoms with E-state index in [1.165, 1.54) is 12.3 Å². The van der Waals surface area contributed by atoms with Crippen LogP contribution in [-0.2, 0) is 7.05 Å². The standard InChI is InChI=1S/C15H13FN6O/c1-22-6-5-18-14(22)12-7-9(8-19-21-15(17)23)10-3-2-4-11(16)13(10)20-12/h2-8H,1H3,(H3,17,21,23). The maximum Gasteiger partial charge on any atom is 0.332 e. The number of hydrogen-bond acceptors (Lipinski definition) is 4. The van der Waals surface area contributed by atoms with E-state index in [0.29, 0.717) is 22.5 Å². The van der Waals surface area contributed by atoms with Gasteiger partial charge in [0.25, 0.3) is 0 Å². The van der Waals surface area contributed by atoms with Crippen molar-refractivity contribution in [1.82, 2.24) is 20.0 Å². The van der Waals surface area contributed by atoms with E-state index in [0.717, 1.165) is 0 Å². The van der Waals surface area contributed by atoms with Crippen molar-refractivity contribution in [3.8, 4) is 11.5 Å². The number of hydrogen-bond donors (Lipinski definition) is 2. The second kappa shape index (κ2) is 5.84. The zero-order chi connectivity index (χ0) is 16.4. The summed E-state index contributed by atoms with van der Waals surface area (Å²) in [4.78, 5) is 19.3. The number of nitrogens with one attached hydrogen (secondary N) is 1. The summed E-state index contributed by atoms with van der Waals surface area (Å²) in [6, 6.07) is 5.57. The zero-order valence-electron chi connectivity index (χ0n) is 12.2. The number of pyridine rings is 1. The van der Waals surface area contributed by atoms with E-state index in [-0.39, 0.29) is 5.52 Å². The Morgan fingerprint density at radius 2 is 2.30 bits per heavy atom. The maximum absolute atomic E-state index is 14.1. The molecule has 0 aliphatic heterocycles. The highest BCUT2D eigenvalue weighted by Gasteiger charge is 2.12. The van der Waals surface area contributed by atoms with Gasteiger partial charge in [-0.15, -0.1) is 0 Å². The van der Waals surface area contributed by atoms with Crippen LogP contribution in [0, 0.1) is 5.82 Å². The van der Waals surface area contributed by atoms with Gasteiger partial charge in [0.1, 0.15) is 17.0 Å². The van der Waals surface area contributed by atoms with Crippen molar-refractivity contribution in [3.05, 3.63) is 48.0 Å². The number of amides is 2. The molecule has 0 unspecified atom stereocenters. The lowest BCUT2D eigenvalue weighted by Gasteiger charge is -2.07. The number of aromatic nitrogens is 3. The second-order valence-electron chi connectivity index (χ2n) is 4.83. The van der Waals surface area contributed by atoms with E-state index in [1.807, 2.05) is 7.05 Å². The number of benzene rings is 1. The fourth-order valence-corrected chi connectivity index (χ4v) is 2.24. The molecule has 2 aromatic heterocycles. The van der Waals surface area contributed by atoms with Crippen molar-refractivity contribution in [2.24, 2.45) is 17.9 Å². The fraction of sp³-hybridized carbons (Fsp3) is 0.0667. The number of hydrazone groups is 1. The molecule has 0 saturated carbocycles. The third-order valence-corrected chi connectivity index (χ3v) is 3.25. The first kappa shape index (κ1) is 14.6. The van der Waals surface area contributed by atoms with Crippen molar-refractivity contribution in [2.45, 2.75) is 0 Å². The summed E-state index contributed by atoms with van der Waals surface area (Å²) in [5.74, 6) is 0.142. The maximum atomic E-state index is 14.1. The first-order chi connectivity index (χ1) is 11.1. The largest absolute Gasteiger partial charge is 0.350 e. The van der Waals surface area contributed by atoms with Gasteiger partial charge in [-0.3, -0.25) is 0 Å². The Morgan fingerprint density at radius 3 is 3.00 bits per heavy atom. The van der Waals surface area contributed by atoms with Crippen molar-refractivity contribution in [3.63, 3.8) is 0 Å². The highest BCUT2D eigenvalue weighted by atomic mass is 19.1. The Hall–Kier alpha value is -3.29. The number of carbonyl (C=O) groups excluding carboxylic acids is 1. The van der Waals surface area contributed by atoms with Crippen LogP contribution in [0.15, 0.2) is 41.8 Å². The predicted octanol–water partition coefficient (Wildman–Crippen LogP) is 1.78. The van der Waals surface area contributed by atoms with Crippen LogP contribution in [0.3, 0.4) is 0 Å². The summed E-state index contributed by atoms with van der Waals surface area (Å²) in [6.45, 7) is 0. The van der Waals surface area contributed by atoms with Crippen molar-refractivity contribution >= 4 is 23.1 Å². The minimum atomic E-state index is -0.782. The van der Waals surface area contributed by atoms with Crippen molar-refractivity contribution in [2.75, 3.05) is 0 Å². The van der Waals surface area contributed by atoms with E-state index in [1.54, 1.807) is 35.2 Å².